The van der Waals surface area contributed by atoms with E-state index in [0.29, 0.717) is 11.6 Å². The van der Waals surface area contributed by atoms with Gasteiger partial charge in [0.15, 0.2) is 6.61 Å². The lowest BCUT2D eigenvalue weighted by atomic mass is 10.0. The van der Waals surface area contributed by atoms with Crippen LogP contribution in [0.1, 0.15) is 50.9 Å². The van der Waals surface area contributed by atoms with Crippen LogP contribution >= 0.6 is 0 Å². The number of hydrogen-bond donors (Lipinski definition) is 2. The second-order valence-electron chi connectivity index (χ2n) is 6.28. The Kier molecular flexibility index (Phi) is 7.95. The number of esters is 1. The van der Waals surface area contributed by atoms with Gasteiger partial charge in [-0.3, -0.25) is 9.59 Å². The zero-order chi connectivity index (χ0) is 18.1. The van der Waals surface area contributed by atoms with Crippen LogP contribution in [-0.2, 0) is 14.3 Å². The summed E-state index contributed by atoms with van der Waals surface area (Å²) in [7, 11) is 0. The van der Waals surface area contributed by atoms with Gasteiger partial charge in [0.05, 0.1) is 5.56 Å². The van der Waals surface area contributed by atoms with Crippen molar-refractivity contribution in [2.45, 2.75) is 46.6 Å². The molecule has 0 bridgehead atoms. The van der Waals surface area contributed by atoms with Crippen LogP contribution in [0, 0.1) is 5.92 Å². The van der Waals surface area contributed by atoms with Gasteiger partial charge in [0.25, 0.3) is 5.91 Å². The zero-order valence-electron chi connectivity index (χ0n) is 14.7. The summed E-state index contributed by atoms with van der Waals surface area (Å²) in [5.74, 6) is -0.571. The fourth-order valence-corrected chi connectivity index (χ4v) is 2.11. The van der Waals surface area contributed by atoms with E-state index in [1.54, 1.807) is 18.2 Å². The fraction of sp³-hybridized carbons (Fsp3) is 0.500. The van der Waals surface area contributed by atoms with Crippen molar-refractivity contribution < 1.29 is 19.1 Å². The van der Waals surface area contributed by atoms with E-state index >= 15 is 0 Å². The Hall–Kier alpha value is -2.37. The SMILES string of the molecule is CC(=O)Nc1cccc(C(=O)OCC(=O)N[C@H](C)CCC(C)C)c1. The Morgan fingerprint density at radius 1 is 1.12 bits per heavy atom. The molecule has 24 heavy (non-hydrogen) atoms. The lowest BCUT2D eigenvalue weighted by molar-refractivity contribution is -0.124. The van der Waals surface area contributed by atoms with E-state index in [1.165, 1.54) is 13.0 Å². The Bertz CT molecular complexity index is 584. The van der Waals surface area contributed by atoms with Crippen LogP contribution in [0.2, 0.25) is 0 Å². The van der Waals surface area contributed by atoms with E-state index in [-0.39, 0.29) is 30.0 Å². The number of amides is 2. The summed E-state index contributed by atoms with van der Waals surface area (Å²) in [5.41, 5.74) is 0.783. The summed E-state index contributed by atoms with van der Waals surface area (Å²) in [4.78, 5) is 34.8. The second-order valence-corrected chi connectivity index (χ2v) is 6.28. The molecule has 0 fully saturated rings. The molecule has 0 aliphatic rings. The summed E-state index contributed by atoms with van der Waals surface area (Å²) in [5, 5.41) is 5.39. The van der Waals surface area contributed by atoms with Crippen LogP contribution in [0.4, 0.5) is 5.69 Å². The lowest BCUT2D eigenvalue weighted by Gasteiger charge is -2.15. The average molecular weight is 334 g/mol. The van der Waals surface area contributed by atoms with E-state index in [4.69, 9.17) is 4.74 Å². The molecule has 0 aliphatic carbocycles. The van der Waals surface area contributed by atoms with Crippen molar-refractivity contribution in [3.8, 4) is 0 Å². The molecule has 2 amide bonds. The van der Waals surface area contributed by atoms with E-state index in [1.807, 2.05) is 6.92 Å². The molecular formula is C18H26N2O4. The van der Waals surface area contributed by atoms with Gasteiger partial charge < -0.3 is 15.4 Å². The molecule has 6 nitrogen and oxygen atoms in total. The third-order valence-corrected chi connectivity index (χ3v) is 3.34. The van der Waals surface area contributed by atoms with Crippen LogP contribution < -0.4 is 10.6 Å². The first-order valence-corrected chi connectivity index (χ1v) is 8.12. The molecule has 0 radical (unpaired) electrons. The molecule has 132 valence electrons. The van der Waals surface area contributed by atoms with Gasteiger partial charge in [-0.2, -0.15) is 0 Å². The average Bonchev–Trinajstić information content (AvgIpc) is 2.50. The number of rotatable bonds is 8. The van der Waals surface area contributed by atoms with Crippen molar-refractivity contribution in [3.63, 3.8) is 0 Å². The summed E-state index contributed by atoms with van der Waals surface area (Å²) in [6.07, 6.45) is 1.91. The quantitative estimate of drug-likeness (QED) is 0.716. The van der Waals surface area contributed by atoms with Crippen molar-refractivity contribution in [1.82, 2.24) is 5.32 Å². The topological polar surface area (TPSA) is 84.5 Å². The zero-order valence-corrected chi connectivity index (χ0v) is 14.7. The third-order valence-electron chi connectivity index (χ3n) is 3.34. The van der Waals surface area contributed by atoms with Gasteiger partial charge in [0.2, 0.25) is 5.91 Å². The Labute approximate surface area is 143 Å². The Balaban J connectivity index is 2.45. The van der Waals surface area contributed by atoms with Gasteiger partial charge in [-0.25, -0.2) is 4.79 Å². The maximum absolute atomic E-state index is 12.0. The Morgan fingerprint density at radius 3 is 2.46 bits per heavy atom. The van der Waals surface area contributed by atoms with Crippen molar-refractivity contribution in [2.24, 2.45) is 5.92 Å². The van der Waals surface area contributed by atoms with Gasteiger partial charge in [-0.1, -0.05) is 19.9 Å². The second kappa shape index (κ2) is 9.70. The van der Waals surface area contributed by atoms with Crippen LogP contribution in [0.3, 0.4) is 0 Å². The van der Waals surface area contributed by atoms with Crippen molar-refractivity contribution in [3.05, 3.63) is 29.8 Å². The first-order chi connectivity index (χ1) is 11.3. The predicted molar refractivity (Wildman–Crippen MR) is 92.7 cm³/mol. The third kappa shape index (κ3) is 7.76. The minimum Gasteiger partial charge on any atom is -0.452 e. The highest BCUT2D eigenvalue weighted by Gasteiger charge is 2.13. The van der Waals surface area contributed by atoms with E-state index in [2.05, 4.69) is 24.5 Å². The van der Waals surface area contributed by atoms with Crippen LogP contribution in [0.5, 0.6) is 0 Å². The number of carbonyl (C=O) groups is 3. The maximum atomic E-state index is 12.0. The van der Waals surface area contributed by atoms with Crippen LogP contribution in [0.15, 0.2) is 24.3 Å². The van der Waals surface area contributed by atoms with Gasteiger partial charge in [0.1, 0.15) is 0 Å². The molecule has 0 spiro atoms. The minimum absolute atomic E-state index is 0.0432. The van der Waals surface area contributed by atoms with Crippen molar-refractivity contribution in [1.29, 1.82) is 0 Å². The first kappa shape index (κ1) is 19.7. The largest absolute Gasteiger partial charge is 0.452 e. The highest BCUT2D eigenvalue weighted by atomic mass is 16.5. The molecule has 1 atom stereocenters. The molecule has 0 aromatic heterocycles. The number of carbonyl (C=O) groups excluding carboxylic acids is 3. The number of ether oxygens (including phenoxy) is 1. The highest BCUT2D eigenvalue weighted by molar-refractivity contribution is 5.94. The summed E-state index contributed by atoms with van der Waals surface area (Å²) < 4.78 is 5.01. The monoisotopic (exact) mass is 334 g/mol. The molecule has 6 heteroatoms. The molecule has 0 heterocycles. The normalized spacial score (nSPS) is 11.7. The van der Waals surface area contributed by atoms with Gasteiger partial charge in [-0.15, -0.1) is 0 Å². The lowest BCUT2D eigenvalue weighted by Crippen LogP contribution is -2.36. The van der Waals surface area contributed by atoms with Gasteiger partial charge in [0, 0.05) is 18.7 Å². The standard InChI is InChI=1S/C18H26N2O4/c1-12(2)8-9-13(3)19-17(22)11-24-18(23)15-6-5-7-16(10-15)20-14(4)21/h5-7,10,12-13H,8-9,11H2,1-4H3,(H,19,22)(H,20,21)/t13-/m1/s1. The van der Waals surface area contributed by atoms with E-state index in [0.717, 1.165) is 12.8 Å². The summed E-state index contributed by atoms with van der Waals surface area (Å²) >= 11 is 0. The first-order valence-electron chi connectivity index (χ1n) is 8.12. The van der Waals surface area contributed by atoms with Crippen molar-refractivity contribution >= 4 is 23.5 Å². The van der Waals surface area contributed by atoms with Crippen LogP contribution in [0.25, 0.3) is 0 Å². The highest BCUT2D eigenvalue weighted by Crippen LogP contribution is 2.11. The smallest absolute Gasteiger partial charge is 0.338 e. The summed E-state index contributed by atoms with van der Waals surface area (Å²) in [6, 6.07) is 6.42. The predicted octanol–water partition coefficient (Wildman–Crippen LogP) is 2.74. The Morgan fingerprint density at radius 2 is 1.83 bits per heavy atom. The molecule has 1 aromatic carbocycles. The van der Waals surface area contributed by atoms with E-state index in [9.17, 15) is 14.4 Å². The fourth-order valence-electron chi connectivity index (χ4n) is 2.11. The summed E-state index contributed by atoms with van der Waals surface area (Å²) in [6.45, 7) is 7.25. The molecular weight excluding hydrogens is 308 g/mol. The molecule has 2 N–H and O–H groups in total. The molecule has 1 aromatic rings. The minimum atomic E-state index is -0.604. The number of nitrogens with one attached hydrogen (secondary N) is 2. The molecule has 0 aliphatic heterocycles. The van der Waals surface area contributed by atoms with Crippen molar-refractivity contribution in [2.75, 3.05) is 11.9 Å². The van der Waals surface area contributed by atoms with E-state index < -0.39 is 5.97 Å². The number of hydrogen-bond acceptors (Lipinski definition) is 4. The number of anilines is 1. The molecule has 1 rings (SSSR count). The van der Waals surface area contributed by atoms with Gasteiger partial charge in [-0.05, 0) is 43.9 Å². The van der Waals surface area contributed by atoms with Gasteiger partial charge >= 0.3 is 5.97 Å². The number of benzene rings is 1. The maximum Gasteiger partial charge on any atom is 0.338 e. The van der Waals surface area contributed by atoms with Crippen LogP contribution in [-0.4, -0.2) is 30.4 Å². The molecule has 0 saturated carbocycles. The molecule has 0 saturated heterocycles. The molecule has 0 unspecified atom stereocenters.